The molecule has 3 nitrogen and oxygen atoms in total. The first kappa shape index (κ1) is 9.55. The van der Waals surface area contributed by atoms with E-state index < -0.39 is 0 Å². The van der Waals surface area contributed by atoms with Gasteiger partial charge in [0.25, 0.3) is 0 Å². The van der Waals surface area contributed by atoms with Gasteiger partial charge >= 0.3 is 0 Å². The predicted octanol–water partition coefficient (Wildman–Crippen LogP) is -0.0347. The summed E-state index contributed by atoms with van der Waals surface area (Å²) in [5, 5.41) is 3.45. The van der Waals surface area contributed by atoms with Gasteiger partial charge in [0.05, 0.1) is 6.04 Å². The van der Waals surface area contributed by atoms with Crippen LogP contribution in [0.3, 0.4) is 0 Å². The Balaban J connectivity index is 2.46. The van der Waals surface area contributed by atoms with Gasteiger partial charge < -0.3 is 15.1 Å². The summed E-state index contributed by atoms with van der Waals surface area (Å²) < 4.78 is 0. The molecule has 1 rings (SSSR count). The minimum Gasteiger partial charge on any atom is -0.380 e. The SMILES string of the molecule is C=C(C1CN(C)CCN1)N(C)C. The van der Waals surface area contributed by atoms with E-state index in [1.165, 1.54) is 5.70 Å². The second-order valence-corrected chi connectivity index (χ2v) is 3.65. The molecular formula is C9H19N3. The van der Waals surface area contributed by atoms with Gasteiger partial charge in [-0.2, -0.15) is 0 Å². The summed E-state index contributed by atoms with van der Waals surface area (Å²) in [4.78, 5) is 4.41. The van der Waals surface area contributed by atoms with Crippen LogP contribution in [0.1, 0.15) is 0 Å². The van der Waals surface area contributed by atoms with E-state index in [0.717, 1.165) is 19.6 Å². The Labute approximate surface area is 75.0 Å². The van der Waals surface area contributed by atoms with Crippen molar-refractivity contribution in [1.82, 2.24) is 15.1 Å². The Kier molecular flexibility index (Phi) is 3.12. The lowest BCUT2D eigenvalue weighted by atomic mass is 10.1. The fourth-order valence-electron chi connectivity index (χ4n) is 1.43. The Hall–Kier alpha value is -0.540. The average molecular weight is 169 g/mol. The van der Waals surface area contributed by atoms with Crippen molar-refractivity contribution in [3.05, 3.63) is 12.3 Å². The second-order valence-electron chi connectivity index (χ2n) is 3.65. The van der Waals surface area contributed by atoms with Gasteiger partial charge in [-0.25, -0.2) is 0 Å². The highest BCUT2D eigenvalue weighted by molar-refractivity contribution is 5.05. The minimum atomic E-state index is 0.429. The molecule has 0 amide bonds. The van der Waals surface area contributed by atoms with Crippen LogP contribution < -0.4 is 5.32 Å². The fourth-order valence-corrected chi connectivity index (χ4v) is 1.43. The average Bonchev–Trinajstić information content (AvgIpc) is 2.03. The molecule has 0 aliphatic carbocycles. The molecule has 1 aliphatic heterocycles. The van der Waals surface area contributed by atoms with Gasteiger partial charge in [0.1, 0.15) is 0 Å². The normalized spacial score (nSPS) is 25.4. The molecule has 70 valence electrons. The Morgan fingerprint density at radius 3 is 2.75 bits per heavy atom. The van der Waals surface area contributed by atoms with Crippen molar-refractivity contribution in [2.45, 2.75) is 6.04 Å². The molecule has 1 unspecified atom stereocenters. The van der Waals surface area contributed by atoms with Gasteiger partial charge in [-0.3, -0.25) is 0 Å². The van der Waals surface area contributed by atoms with Gasteiger partial charge in [-0.05, 0) is 7.05 Å². The van der Waals surface area contributed by atoms with Crippen LogP contribution in [0.25, 0.3) is 0 Å². The highest BCUT2D eigenvalue weighted by Gasteiger charge is 2.19. The van der Waals surface area contributed by atoms with Gasteiger partial charge in [0, 0.05) is 39.4 Å². The van der Waals surface area contributed by atoms with Crippen molar-refractivity contribution in [2.75, 3.05) is 40.8 Å². The molecule has 3 heteroatoms. The number of nitrogens with one attached hydrogen (secondary N) is 1. The maximum absolute atomic E-state index is 4.05. The molecule has 0 saturated carbocycles. The molecule has 0 aromatic rings. The van der Waals surface area contributed by atoms with E-state index in [0.29, 0.717) is 6.04 Å². The highest BCUT2D eigenvalue weighted by atomic mass is 15.2. The summed E-state index contributed by atoms with van der Waals surface area (Å²) in [6.07, 6.45) is 0. The standard InChI is InChI=1S/C9H19N3/c1-8(11(2)3)9-7-12(4)6-5-10-9/h9-10H,1,5-7H2,2-4H3. The topological polar surface area (TPSA) is 18.5 Å². The molecule has 0 aromatic carbocycles. The summed E-state index contributed by atoms with van der Waals surface area (Å²) in [5.41, 5.74) is 1.17. The third-order valence-electron chi connectivity index (χ3n) is 2.36. The lowest BCUT2D eigenvalue weighted by Crippen LogP contribution is -2.51. The molecule has 1 atom stereocenters. The lowest BCUT2D eigenvalue weighted by Gasteiger charge is -2.34. The zero-order chi connectivity index (χ0) is 9.14. The number of rotatable bonds is 2. The van der Waals surface area contributed by atoms with E-state index in [2.05, 4.69) is 28.7 Å². The van der Waals surface area contributed by atoms with E-state index in [4.69, 9.17) is 0 Å². The first-order chi connectivity index (χ1) is 5.61. The van der Waals surface area contributed by atoms with Crippen molar-refractivity contribution in [2.24, 2.45) is 0 Å². The van der Waals surface area contributed by atoms with Crippen molar-refractivity contribution in [1.29, 1.82) is 0 Å². The first-order valence-electron chi connectivity index (χ1n) is 4.39. The van der Waals surface area contributed by atoms with E-state index >= 15 is 0 Å². The van der Waals surface area contributed by atoms with Crippen LogP contribution in [0.5, 0.6) is 0 Å². The largest absolute Gasteiger partial charge is 0.380 e. The highest BCUT2D eigenvalue weighted by Crippen LogP contribution is 2.06. The second kappa shape index (κ2) is 3.92. The fraction of sp³-hybridized carbons (Fsp3) is 0.778. The Morgan fingerprint density at radius 1 is 1.58 bits per heavy atom. The number of piperazine rings is 1. The maximum Gasteiger partial charge on any atom is 0.0594 e. The van der Waals surface area contributed by atoms with Crippen LogP contribution in [0.15, 0.2) is 12.3 Å². The first-order valence-corrected chi connectivity index (χ1v) is 4.39. The van der Waals surface area contributed by atoms with Crippen molar-refractivity contribution >= 4 is 0 Å². The van der Waals surface area contributed by atoms with Crippen LogP contribution in [-0.2, 0) is 0 Å². The monoisotopic (exact) mass is 169 g/mol. The van der Waals surface area contributed by atoms with E-state index in [-0.39, 0.29) is 0 Å². The molecule has 12 heavy (non-hydrogen) atoms. The molecule has 0 aromatic heterocycles. The smallest absolute Gasteiger partial charge is 0.0594 e. The predicted molar refractivity (Wildman–Crippen MR) is 52.1 cm³/mol. The van der Waals surface area contributed by atoms with E-state index in [1.807, 2.05) is 14.1 Å². The van der Waals surface area contributed by atoms with E-state index in [9.17, 15) is 0 Å². The lowest BCUT2D eigenvalue weighted by molar-refractivity contribution is 0.238. The van der Waals surface area contributed by atoms with Crippen LogP contribution in [0.4, 0.5) is 0 Å². The molecule has 0 spiro atoms. The molecule has 0 bridgehead atoms. The molecule has 1 N–H and O–H groups in total. The molecule has 1 fully saturated rings. The minimum absolute atomic E-state index is 0.429. The molecule has 1 aliphatic rings. The van der Waals surface area contributed by atoms with Gasteiger partial charge in [-0.15, -0.1) is 0 Å². The quantitative estimate of drug-likeness (QED) is 0.626. The van der Waals surface area contributed by atoms with E-state index in [1.54, 1.807) is 0 Å². The number of likely N-dealkylation sites (N-methyl/N-ethyl adjacent to an activating group) is 2. The molecule has 1 heterocycles. The zero-order valence-electron chi connectivity index (χ0n) is 8.30. The summed E-state index contributed by atoms with van der Waals surface area (Å²) in [6.45, 7) is 7.32. The Bertz CT molecular complexity index is 165. The zero-order valence-corrected chi connectivity index (χ0v) is 8.30. The summed E-state index contributed by atoms with van der Waals surface area (Å²) in [6, 6.07) is 0.429. The maximum atomic E-state index is 4.05. The van der Waals surface area contributed by atoms with Crippen LogP contribution in [0.2, 0.25) is 0 Å². The van der Waals surface area contributed by atoms with Crippen molar-refractivity contribution < 1.29 is 0 Å². The third-order valence-corrected chi connectivity index (χ3v) is 2.36. The molecular weight excluding hydrogens is 150 g/mol. The Morgan fingerprint density at radius 2 is 2.25 bits per heavy atom. The van der Waals surface area contributed by atoms with Gasteiger partial charge in [-0.1, -0.05) is 6.58 Å². The van der Waals surface area contributed by atoms with Crippen LogP contribution in [0, 0.1) is 0 Å². The van der Waals surface area contributed by atoms with Crippen LogP contribution >= 0.6 is 0 Å². The van der Waals surface area contributed by atoms with Crippen LogP contribution in [-0.4, -0.2) is 56.6 Å². The third kappa shape index (κ3) is 2.22. The number of nitrogens with zero attached hydrogens (tertiary/aromatic N) is 2. The number of hydrogen-bond acceptors (Lipinski definition) is 3. The van der Waals surface area contributed by atoms with Gasteiger partial charge in [0.15, 0.2) is 0 Å². The van der Waals surface area contributed by atoms with Crippen molar-refractivity contribution in [3.8, 4) is 0 Å². The molecule has 0 radical (unpaired) electrons. The molecule has 1 saturated heterocycles. The van der Waals surface area contributed by atoms with Gasteiger partial charge in [0.2, 0.25) is 0 Å². The summed E-state index contributed by atoms with van der Waals surface area (Å²) in [7, 11) is 6.23. The summed E-state index contributed by atoms with van der Waals surface area (Å²) >= 11 is 0. The van der Waals surface area contributed by atoms with Crippen molar-refractivity contribution in [3.63, 3.8) is 0 Å². The summed E-state index contributed by atoms with van der Waals surface area (Å²) in [5.74, 6) is 0. The number of hydrogen-bond donors (Lipinski definition) is 1.